The number of carbonyl (C=O) groups is 1. The Morgan fingerprint density at radius 2 is 1.89 bits per heavy atom. The summed E-state index contributed by atoms with van der Waals surface area (Å²) in [6, 6.07) is 18.2. The number of amides is 1. The molecule has 2 aliphatic heterocycles. The monoisotopic (exact) mass is 373 g/mol. The number of nitrogens with one attached hydrogen (secondary N) is 1. The molecule has 134 valence electrons. The lowest BCUT2D eigenvalue weighted by Crippen LogP contribution is -2.44. The summed E-state index contributed by atoms with van der Waals surface area (Å²) in [5, 5.41) is 1.78. The number of rotatable bonds is 3. The summed E-state index contributed by atoms with van der Waals surface area (Å²) in [5.41, 5.74) is 4.59. The van der Waals surface area contributed by atoms with Gasteiger partial charge in [0.2, 0.25) is 0 Å². The first kappa shape index (κ1) is 16.3. The fraction of sp³-hybridized carbons (Fsp3) is 0.182. The molecule has 0 bridgehead atoms. The lowest BCUT2D eigenvalue weighted by Gasteiger charge is -2.37. The van der Waals surface area contributed by atoms with Crippen LogP contribution in [0.15, 0.2) is 67.3 Å². The topological polar surface area (TPSA) is 39.3 Å². The van der Waals surface area contributed by atoms with Crippen molar-refractivity contribution < 1.29 is 4.79 Å². The van der Waals surface area contributed by atoms with Gasteiger partial charge in [-0.05, 0) is 29.4 Å². The van der Waals surface area contributed by atoms with Gasteiger partial charge in [-0.15, -0.1) is 6.58 Å². The zero-order valence-electron chi connectivity index (χ0n) is 14.8. The van der Waals surface area contributed by atoms with Crippen LogP contribution in [0.1, 0.15) is 22.9 Å². The van der Waals surface area contributed by atoms with Crippen molar-refractivity contribution in [2.24, 2.45) is 0 Å². The van der Waals surface area contributed by atoms with E-state index in [1.807, 2.05) is 30.3 Å². The number of aromatic amines is 1. The van der Waals surface area contributed by atoms with Crippen molar-refractivity contribution in [1.29, 1.82) is 0 Å². The minimum Gasteiger partial charge on any atom is -0.356 e. The quantitative estimate of drug-likeness (QED) is 0.561. The highest BCUT2D eigenvalue weighted by Gasteiger charge is 2.49. The number of carbonyl (C=O) groups excluding carboxylic acids is 1. The Morgan fingerprint density at radius 3 is 2.67 bits per heavy atom. The number of hydrogen-bond acceptors (Lipinski definition) is 2. The van der Waals surface area contributed by atoms with Gasteiger partial charge in [-0.1, -0.05) is 54.6 Å². The molecule has 4 nitrogen and oxygen atoms in total. The molecular formula is C22H19N3OS. The Hall–Kier alpha value is -2.92. The first-order chi connectivity index (χ1) is 13.2. The van der Waals surface area contributed by atoms with Crippen LogP contribution in [-0.4, -0.2) is 38.4 Å². The van der Waals surface area contributed by atoms with E-state index >= 15 is 0 Å². The molecule has 1 fully saturated rings. The second kappa shape index (κ2) is 6.06. The molecule has 1 N–H and O–H groups in total. The van der Waals surface area contributed by atoms with Crippen LogP contribution in [0.5, 0.6) is 0 Å². The average Bonchev–Trinajstić information content (AvgIpc) is 3.18. The maximum absolute atomic E-state index is 13.1. The van der Waals surface area contributed by atoms with Crippen LogP contribution in [0.25, 0.3) is 10.9 Å². The van der Waals surface area contributed by atoms with Gasteiger partial charge >= 0.3 is 0 Å². The number of nitrogens with zero attached hydrogens (tertiary/aromatic N) is 2. The Bertz CT molecular complexity index is 1070. The third kappa shape index (κ3) is 2.28. The van der Waals surface area contributed by atoms with Crippen molar-refractivity contribution in [3.05, 3.63) is 84.1 Å². The van der Waals surface area contributed by atoms with Crippen LogP contribution in [0.4, 0.5) is 0 Å². The molecule has 2 atom stereocenters. The van der Waals surface area contributed by atoms with E-state index in [0.29, 0.717) is 18.1 Å². The molecule has 0 aliphatic carbocycles. The van der Waals surface area contributed by atoms with Gasteiger partial charge in [-0.3, -0.25) is 9.69 Å². The molecule has 1 amide bonds. The van der Waals surface area contributed by atoms with E-state index in [1.54, 1.807) is 11.0 Å². The van der Waals surface area contributed by atoms with Crippen LogP contribution in [0.3, 0.4) is 0 Å². The molecule has 0 radical (unpaired) electrons. The van der Waals surface area contributed by atoms with Crippen molar-refractivity contribution in [3.8, 4) is 0 Å². The molecule has 2 aromatic carbocycles. The summed E-state index contributed by atoms with van der Waals surface area (Å²) in [6.45, 7) is 4.23. The highest BCUT2D eigenvalue weighted by Crippen LogP contribution is 2.43. The van der Waals surface area contributed by atoms with Crippen LogP contribution in [-0.2, 0) is 11.2 Å². The van der Waals surface area contributed by atoms with Crippen LogP contribution >= 0.6 is 12.2 Å². The van der Waals surface area contributed by atoms with Crippen molar-refractivity contribution in [3.63, 3.8) is 0 Å². The number of aromatic nitrogens is 1. The van der Waals surface area contributed by atoms with Crippen molar-refractivity contribution in [1.82, 2.24) is 14.8 Å². The van der Waals surface area contributed by atoms with Gasteiger partial charge in [0.15, 0.2) is 5.11 Å². The Morgan fingerprint density at radius 1 is 1.15 bits per heavy atom. The fourth-order valence-electron chi connectivity index (χ4n) is 4.41. The van der Waals surface area contributed by atoms with Crippen LogP contribution < -0.4 is 0 Å². The SMILES string of the molecule is C=CCN1C(=O)[C@H]2Cc3c([nH]c4ccccc34)[C@H](c3ccccc3)N2C1=S. The number of H-pyrrole nitrogens is 1. The van der Waals surface area contributed by atoms with E-state index in [1.165, 1.54) is 10.9 Å². The summed E-state index contributed by atoms with van der Waals surface area (Å²) in [7, 11) is 0. The predicted molar refractivity (Wildman–Crippen MR) is 110 cm³/mol. The molecule has 1 aromatic heterocycles. The molecule has 0 spiro atoms. The van der Waals surface area contributed by atoms with Crippen LogP contribution in [0.2, 0.25) is 0 Å². The summed E-state index contributed by atoms with van der Waals surface area (Å²) >= 11 is 5.74. The van der Waals surface area contributed by atoms with Gasteiger partial charge < -0.3 is 9.88 Å². The second-order valence-electron chi connectivity index (χ2n) is 7.02. The zero-order chi connectivity index (χ0) is 18.5. The number of hydrogen-bond donors (Lipinski definition) is 1. The lowest BCUT2D eigenvalue weighted by atomic mass is 9.89. The number of benzene rings is 2. The second-order valence-corrected chi connectivity index (χ2v) is 7.39. The normalized spacial score (nSPS) is 21.5. The molecular weight excluding hydrogens is 354 g/mol. The van der Waals surface area contributed by atoms with E-state index < -0.39 is 0 Å². The van der Waals surface area contributed by atoms with Gasteiger partial charge in [0.1, 0.15) is 6.04 Å². The minimum absolute atomic E-state index is 0.0664. The van der Waals surface area contributed by atoms with Crippen molar-refractivity contribution >= 4 is 34.1 Å². The zero-order valence-corrected chi connectivity index (χ0v) is 15.6. The standard InChI is InChI=1S/C22H19N3OS/c1-2-12-24-21(26)18-13-16-15-10-6-7-11-17(15)23-19(16)20(25(18)22(24)27)14-8-4-3-5-9-14/h2-11,18,20,23H,1,12-13H2/t18-,20+/m1/s1. The van der Waals surface area contributed by atoms with Crippen LogP contribution in [0, 0.1) is 0 Å². The summed E-state index contributed by atoms with van der Waals surface area (Å²) in [4.78, 5) is 20.5. The molecule has 3 heterocycles. The Balaban J connectivity index is 1.74. The van der Waals surface area contributed by atoms with Gasteiger partial charge in [-0.25, -0.2) is 0 Å². The molecule has 0 unspecified atom stereocenters. The smallest absolute Gasteiger partial charge is 0.252 e. The van der Waals surface area contributed by atoms with Gasteiger partial charge in [0.05, 0.1) is 6.04 Å². The lowest BCUT2D eigenvalue weighted by molar-refractivity contribution is -0.128. The maximum atomic E-state index is 13.1. The van der Waals surface area contributed by atoms with Gasteiger partial charge in [0.25, 0.3) is 5.91 Å². The summed E-state index contributed by atoms with van der Waals surface area (Å²) in [5.74, 6) is 0.0664. The summed E-state index contributed by atoms with van der Waals surface area (Å²) < 4.78 is 0. The van der Waals surface area contributed by atoms with E-state index in [-0.39, 0.29) is 18.0 Å². The van der Waals surface area contributed by atoms with Gasteiger partial charge in [0, 0.05) is 29.6 Å². The van der Waals surface area contributed by atoms with Crippen molar-refractivity contribution in [2.45, 2.75) is 18.5 Å². The number of para-hydroxylation sites is 1. The number of thiocarbonyl (C=S) groups is 1. The van der Waals surface area contributed by atoms with E-state index in [0.717, 1.165) is 16.8 Å². The number of fused-ring (bicyclic) bond motifs is 4. The largest absolute Gasteiger partial charge is 0.356 e. The third-order valence-electron chi connectivity index (χ3n) is 5.56. The van der Waals surface area contributed by atoms with Crippen molar-refractivity contribution in [2.75, 3.05) is 6.54 Å². The maximum Gasteiger partial charge on any atom is 0.252 e. The molecule has 5 heteroatoms. The molecule has 27 heavy (non-hydrogen) atoms. The summed E-state index contributed by atoms with van der Waals surface area (Å²) in [6.07, 6.45) is 2.39. The first-order valence-electron chi connectivity index (χ1n) is 9.09. The molecule has 0 saturated carbocycles. The van der Waals surface area contributed by atoms with E-state index in [2.05, 4.69) is 40.7 Å². The Labute approximate surface area is 163 Å². The van der Waals surface area contributed by atoms with E-state index in [9.17, 15) is 4.79 Å². The molecule has 3 aromatic rings. The Kier molecular flexibility index (Phi) is 3.65. The molecule has 1 saturated heterocycles. The van der Waals surface area contributed by atoms with E-state index in [4.69, 9.17) is 12.2 Å². The predicted octanol–water partition coefficient (Wildman–Crippen LogP) is 3.80. The minimum atomic E-state index is -0.269. The third-order valence-corrected chi connectivity index (χ3v) is 5.99. The highest BCUT2D eigenvalue weighted by molar-refractivity contribution is 7.80. The van der Waals surface area contributed by atoms with Gasteiger partial charge in [-0.2, -0.15) is 0 Å². The highest BCUT2D eigenvalue weighted by atomic mass is 32.1. The molecule has 5 rings (SSSR count). The first-order valence-corrected chi connectivity index (χ1v) is 9.50. The molecule has 2 aliphatic rings. The average molecular weight is 373 g/mol. The fourth-order valence-corrected chi connectivity index (χ4v) is 4.81.